The minimum absolute atomic E-state index is 0.130. The number of likely N-dealkylation sites (tertiary alicyclic amines) is 1. The van der Waals surface area contributed by atoms with Crippen molar-refractivity contribution in [2.75, 3.05) is 27.2 Å². The second kappa shape index (κ2) is 6.59. The van der Waals surface area contributed by atoms with Gasteiger partial charge in [-0.2, -0.15) is 0 Å². The van der Waals surface area contributed by atoms with Crippen molar-refractivity contribution < 1.29 is 4.79 Å². The Bertz CT molecular complexity index is 450. The number of hydrogen-bond acceptors (Lipinski definition) is 3. The molecule has 4 nitrogen and oxygen atoms in total. The van der Waals surface area contributed by atoms with E-state index < -0.39 is 0 Å². The number of piperidine rings is 1. The maximum Gasteiger partial charge on any atom is 0.319 e. The lowest BCUT2D eigenvalue weighted by molar-refractivity contribution is 0.151. The molecular formula is C15H25N3OS. The van der Waals surface area contributed by atoms with Crippen LogP contribution in [0.5, 0.6) is 0 Å². The maximum absolute atomic E-state index is 11.9. The van der Waals surface area contributed by atoms with Gasteiger partial charge in [-0.3, -0.25) is 0 Å². The van der Waals surface area contributed by atoms with Crippen molar-refractivity contribution in [3.8, 4) is 0 Å². The Balaban J connectivity index is 1.81. The number of urea groups is 1. The zero-order valence-electron chi connectivity index (χ0n) is 12.8. The van der Waals surface area contributed by atoms with E-state index in [4.69, 9.17) is 0 Å². The van der Waals surface area contributed by atoms with Gasteiger partial charge in [0.25, 0.3) is 0 Å². The lowest BCUT2D eigenvalue weighted by Crippen LogP contribution is -2.48. The SMILES string of the molecule is Cc1ccc(C(C)NC2CCN(C(=O)N(C)C)CC2)s1. The summed E-state index contributed by atoms with van der Waals surface area (Å²) in [6.07, 6.45) is 2.07. The zero-order chi connectivity index (χ0) is 14.7. The fourth-order valence-electron chi connectivity index (χ4n) is 2.64. The van der Waals surface area contributed by atoms with Crippen molar-refractivity contribution in [2.24, 2.45) is 0 Å². The monoisotopic (exact) mass is 295 g/mol. The van der Waals surface area contributed by atoms with Gasteiger partial charge in [0, 0.05) is 49.0 Å². The van der Waals surface area contributed by atoms with E-state index in [1.165, 1.54) is 9.75 Å². The van der Waals surface area contributed by atoms with E-state index in [1.807, 2.05) is 30.3 Å². The Morgan fingerprint density at radius 2 is 2.05 bits per heavy atom. The van der Waals surface area contributed by atoms with Crippen molar-refractivity contribution in [1.82, 2.24) is 15.1 Å². The minimum atomic E-state index is 0.130. The Morgan fingerprint density at radius 3 is 2.55 bits per heavy atom. The van der Waals surface area contributed by atoms with Crippen LogP contribution in [0.4, 0.5) is 4.79 Å². The summed E-state index contributed by atoms with van der Waals surface area (Å²) < 4.78 is 0. The molecule has 1 N–H and O–H groups in total. The van der Waals surface area contributed by atoms with E-state index in [0.717, 1.165) is 25.9 Å². The van der Waals surface area contributed by atoms with Gasteiger partial charge in [-0.25, -0.2) is 4.79 Å². The molecule has 0 saturated carbocycles. The number of hydrogen-bond donors (Lipinski definition) is 1. The summed E-state index contributed by atoms with van der Waals surface area (Å²) >= 11 is 1.86. The van der Waals surface area contributed by atoms with Gasteiger partial charge in [-0.15, -0.1) is 11.3 Å². The number of carbonyl (C=O) groups is 1. The van der Waals surface area contributed by atoms with Gasteiger partial charge in [0.05, 0.1) is 0 Å². The molecule has 1 aliphatic heterocycles. The van der Waals surface area contributed by atoms with Gasteiger partial charge in [0.15, 0.2) is 0 Å². The molecule has 1 saturated heterocycles. The summed E-state index contributed by atoms with van der Waals surface area (Å²) in [4.78, 5) is 18.2. The van der Waals surface area contributed by atoms with Gasteiger partial charge in [-0.1, -0.05) is 0 Å². The third-order valence-electron chi connectivity index (χ3n) is 3.82. The van der Waals surface area contributed by atoms with Gasteiger partial charge >= 0.3 is 6.03 Å². The second-order valence-electron chi connectivity index (χ2n) is 5.78. The highest BCUT2D eigenvalue weighted by Crippen LogP contribution is 2.24. The smallest absolute Gasteiger partial charge is 0.319 e. The fraction of sp³-hybridized carbons (Fsp3) is 0.667. The summed E-state index contributed by atoms with van der Waals surface area (Å²) in [7, 11) is 3.63. The van der Waals surface area contributed by atoms with Crippen LogP contribution < -0.4 is 5.32 Å². The summed E-state index contributed by atoms with van der Waals surface area (Å²) in [6, 6.07) is 5.43. The van der Waals surface area contributed by atoms with Crippen molar-refractivity contribution >= 4 is 17.4 Å². The molecule has 0 bridgehead atoms. The van der Waals surface area contributed by atoms with Crippen LogP contribution in [0.1, 0.15) is 35.6 Å². The molecule has 1 aliphatic rings. The Labute approximate surface area is 125 Å². The van der Waals surface area contributed by atoms with E-state index in [-0.39, 0.29) is 6.03 Å². The summed E-state index contributed by atoms with van der Waals surface area (Å²) in [5.74, 6) is 0. The molecule has 2 rings (SSSR count). The van der Waals surface area contributed by atoms with E-state index in [0.29, 0.717) is 12.1 Å². The molecule has 1 atom stereocenters. The van der Waals surface area contributed by atoms with E-state index in [2.05, 4.69) is 31.3 Å². The molecule has 1 unspecified atom stereocenters. The number of carbonyl (C=O) groups excluding carboxylic acids is 1. The van der Waals surface area contributed by atoms with Crippen LogP contribution in [-0.2, 0) is 0 Å². The molecule has 2 heterocycles. The number of thiophene rings is 1. The number of aryl methyl sites for hydroxylation is 1. The van der Waals surface area contributed by atoms with Gasteiger partial charge < -0.3 is 15.1 Å². The predicted molar refractivity (Wildman–Crippen MR) is 84.3 cm³/mol. The van der Waals surface area contributed by atoms with Crippen molar-refractivity contribution in [1.29, 1.82) is 0 Å². The number of nitrogens with one attached hydrogen (secondary N) is 1. The lowest BCUT2D eigenvalue weighted by Gasteiger charge is -2.35. The molecule has 1 fully saturated rings. The number of rotatable bonds is 3. The van der Waals surface area contributed by atoms with Crippen LogP contribution in [0.15, 0.2) is 12.1 Å². The second-order valence-corrected chi connectivity index (χ2v) is 7.09. The molecule has 2 amide bonds. The third kappa shape index (κ3) is 3.73. The van der Waals surface area contributed by atoms with Gasteiger partial charge in [0.2, 0.25) is 0 Å². The highest BCUT2D eigenvalue weighted by atomic mass is 32.1. The predicted octanol–water partition coefficient (Wildman–Crippen LogP) is 2.85. The Hall–Kier alpha value is -1.07. The first kappa shape index (κ1) is 15.3. The fourth-order valence-corrected chi connectivity index (χ4v) is 3.53. The molecule has 0 radical (unpaired) electrons. The molecule has 1 aromatic rings. The van der Waals surface area contributed by atoms with E-state index >= 15 is 0 Å². The topological polar surface area (TPSA) is 35.6 Å². The van der Waals surface area contributed by atoms with Crippen molar-refractivity contribution in [3.05, 3.63) is 21.9 Å². The van der Waals surface area contributed by atoms with Crippen LogP contribution in [0, 0.1) is 6.92 Å². The summed E-state index contributed by atoms with van der Waals surface area (Å²) in [5.41, 5.74) is 0. The van der Waals surface area contributed by atoms with E-state index in [1.54, 1.807) is 4.90 Å². The number of amides is 2. The van der Waals surface area contributed by atoms with Crippen LogP contribution in [-0.4, -0.2) is 49.1 Å². The minimum Gasteiger partial charge on any atom is -0.331 e. The largest absolute Gasteiger partial charge is 0.331 e. The lowest BCUT2D eigenvalue weighted by atomic mass is 10.0. The van der Waals surface area contributed by atoms with Crippen molar-refractivity contribution in [2.45, 2.75) is 38.8 Å². The van der Waals surface area contributed by atoms with Crippen LogP contribution >= 0.6 is 11.3 Å². The molecule has 0 aromatic carbocycles. The Kier molecular flexibility index (Phi) is 5.05. The summed E-state index contributed by atoms with van der Waals surface area (Å²) in [5, 5.41) is 3.70. The molecule has 112 valence electrons. The maximum atomic E-state index is 11.9. The van der Waals surface area contributed by atoms with Crippen LogP contribution in [0.25, 0.3) is 0 Å². The first-order chi connectivity index (χ1) is 9.47. The normalized spacial score (nSPS) is 18.1. The standard InChI is InChI=1S/C15H25N3OS/c1-11-5-6-14(20-11)12(2)16-13-7-9-18(10-8-13)15(19)17(3)4/h5-6,12-13,16H,7-10H2,1-4H3. The first-order valence-electron chi connectivity index (χ1n) is 7.26. The quantitative estimate of drug-likeness (QED) is 0.930. The van der Waals surface area contributed by atoms with Crippen LogP contribution in [0.3, 0.4) is 0 Å². The first-order valence-corrected chi connectivity index (χ1v) is 8.07. The average molecular weight is 295 g/mol. The van der Waals surface area contributed by atoms with Gasteiger partial charge in [0.1, 0.15) is 0 Å². The Morgan fingerprint density at radius 1 is 1.40 bits per heavy atom. The zero-order valence-corrected chi connectivity index (χ0v) is 13.7. The molecule has 0 aliphatic carbocycles. The van der Waals surface area contributed by atoms with Crippen LogP contribution in [0.2, 0.25) is 0 Å². The average Bonchev–Trinajstić information content (AvgIpc) is 2.85. The molecule has 1 aromatic heterocycles. The number of nitrogens with zero attached hydrogens (tertiary/aromatic N) is 2. The highest BCUT2D eigenvalue weighted by Gasteiger charge is 2.24. The summed E-state index contributed by atoms with van der Waals surface area (Å²) in [6.45, 7) is 6.07. The molecule has 20 heavy (non-hydrogen) atoms. The molecular weight excluding hydrogens is 270 g/mol. The third-order valence-corrected chi connectivity index (χ3v) is 5.01. The van der Waals surface area contributed by atoms with Crippen molar-refractivity contribution in [3.63, 3.8) is 0 Å². The van der Waals surface area contributed by atoms with E-state index in [9.17, 15) is 4.79 Å². The molecule has 5 heteroatoms. The van der Waals surface area contributed by atoms with Gasteiger partial charge in [-0.05, 0) is 38.8 Å². The highest BCUT2D eigenvalue weighted by molar-refractivity contribution is 7.12. The molecule has 0 spiro atoms.